The molecule has 12 heteroatoms. The maximum atomic E-state index is 13.8. The zero-order valence-electron chi connectivity index (χ0n) is 23.5. The largest absolute Gasteiger partial charge is 0.458 e. The first-order valence-electron chi connectivity index (χ1n) is 13.1. The van der Waals surface area contributed by atoms with Gasteiger partial charge in [0, 0.05) is 50.5 Å². The lowest BCUT2D eigenvalue weighted by Gasteiger charge is -2.33. The highest BCUT2D eigenvalue weighted by Crippen LogP contribution is 2.33. The van der Waals surface area contributed by atoms with Crippen LogP contribution < -0.4 is 4.31 Å². The van der Waals surface area contributed by atoms with Crippen molar-refractivity contribution in [3.8, 4) is 11.3 Å². The molecule has 0 bridgehead atoms. The Morgan fingerprint density at radius 2 is 1.90 bits per heavy atom. The van der Waals surface area contributed by atoms with Crippen molar-refractivity contribution in [2.24, 2.45) is 0 Å². The van der Waals surface area contributed by atoms with E-state index in [9.17, 15) is 17.6 Å². The SMILES string of the molecule is COC1C[C@@H](OC(=O)c2cccnc2)C[C@H](/C=C/c2c(-c3ccc(F)cc3)nc(N(C)S(C)(=O)=O)nc2C(C)C)O1. The van der Waals surface area contributed by atoms with Crippen molar-refractivity contribution in [1.82, 2.24) is 15.0 Å². The molecule has 0 aliphatic carbocycles. The summed E-state index contributed by atoms with van der Waals surface area (Å²) in [6.07, 6.45) is 6.89. The Kier molecular flexibility index (Phi) is 9.46. The van der Waals surface area contributed by atoms with Crippen LogP contribution in [0.3, 0.4) is 0 Å². The number of anilines is 1. The van der Waals surface area contributed by atoms with Gasteiger partial charge in [-0.1, -0.05) is 26.0 Å². The van der Waals surface area contributed by atoms with E-state index >= 15 is 0 Å². The fraction of sp³-hybridized carbons (Fsp3) is 0.379. The second kappa shape index (κ2) is 12.8. The Morgan fingerprint density at radius 1 is 1.17 bits per heavy atom. The van der Waals surface area contributed by atoms with Crippen molar-refractivity contribution in [2.75, 3.05) is 24.7 Å². The number of hydrogen-bond donors (Lipinski definition) is 0. The maximum absolute atomic E-state index is 13.8. The van der Waals surface area contributed by atoms with Crippen LogP contribution >= 0.6 is 0 Å². The fourth-order valence-corrected chi connectivity index (χ4v) is 4.73. The van der Waals surface area contributed by atoms with E-state index in [1.807, 2.05) is 19.9 Å². The van der Waals surface area contributed by atoms with E-state index < -0.39 is 40.3 Å². The molecule has 4 rings (SSSR count). The van der Waals surface area contributed by atoms with Crippen LogP contribution in [0.15, 0.2) is 54.9 Å². The van der Waals surface area contributed by atoms with E-state index in [0.717, 1.165) is 10.6 Å². The maximum Gasteiger partial charge on any atom is 0.339 e. The summed E-state index contributed by atoms with van der Waals surface area (Å²) in [6.45, 7) is 3.87. The summed E-state index contributed by atoms with van der Waals surface area (Å²) in [5.41, 5.74) is 2.59. The van der Waals surface area contributed by atoms with Gasteiger partial charge in [-0.2, -0.15) is 0 Å². The topological polar surface area (TPSA) is 121 Å². The molecule has 3 aromatic rings. The number of rotatable bonds is 9. The van der Waals surface area contributed by atoms with E-state index in [4.69, 9.17) is 14.2 Å². The smallest absolute Gasteiger partial charge is 0.339 e. The number of ether oxygens (including phenoxy) is 3. The van der Waals surface area contributed by atoms with Gasteiger partial charge < -0.3 is 14.2 Å². The summed E-state index contributed by atoms with van der Waals surface area (Å²) < 4.78 is 56.6. The summed E-state index contributed by atoms with van der Waals surface area (Å²) >= 11 is 0. The van der Waals surface area contributed by atoms with Crippen molar-refractivity contribution in [1.29, 1.82) is 0 Å². The van der Waals surface area contributed by atoms with Gasteiger partial charge in [0.2, 0.25) is 16.0 Å². The monoisotopic (exact) mass is 584 g/mol. The van der Waals surface area contributed by atoms with Crippen molar-refractivity contribution >= 4 is 28.0 Å². The lowest BCUT2D eigenvalue weighted by Crippen LogP contribution is -2.38. The number of pyridine rings is 1. The quantitative estimate of drug-likeness (QED) is 0.333. The molecule has 1 fully saturated rings. The predicted octanol–water partition coefficient (Wildman–Crippen LogP) is 4.59. The molecular formula is C29H33FN4O6S. The predicted molar refractivity (Wildman–Crippen MR) is 152 cm³/mol. The van der Waals surface area contributed by atoms with Crippen LogP contribution in [0.2, 0.25) is 0 Å². The zero-order chi connectivity index (χ0) is 29.7. The average molecular weight is 585 g/mol. The molecule has 0 amide bonds. The number of sulfonamides is 1. The Hall–Kier alpha value is -3.74. The van der Waals surface area contributed by atoms with Gasteiger partial charge in [-0.05, 0) is 42.3 Å². The first-order valence-corrected chi connectivity index (χ1v) is 14.9. The Morgan fingerprint density at radius 3 is 2.51 bits per heavy atom. The molecule has 1 aromatic carbocycles. The van der Waals surface area contributed by atoms with Crippen LogP contribution in [0.4, 0.5) is 10.3 Å². The van der Waals surface area contributed by atoms with E-state index in [1.54, 1.807) is 36.5 Å². The van der Waals surface area contributed by atoms with Crippen molar-refractivity contribution in [3.05, 3.63) is 77.5 Å². The van der Waals surface area contributed by atoms with Crippen LogP contribution in [0.5, 0.6) is 0 Å². The van der Waals surface area contributed by atoms with Gasteiger partial charge in [0.05, 0.1) is 29.3 Å². The number of methoxy groups -OCH3 is 1. The molecule has 2 aromatic heterocycles. The number of halogens is 1. The minimum absolute atomic E-state index is 0.00316. The first kappa shape index (κ1) is 30.2. The zero-order valence-corrected chi connectivity index (χ0v) is 24.3. The summed E-state index contributed by atoms with van der Waals surface area (Å²) in [5.74, 6) is -1.01. The molecule has 218 valence electrons. The van der Waals surface area contributed by atoms with Crippen LogP contribution in [-0.4, -0.2) is 68.3 Å². The molecule has 3 atom stereocenters. The molecule has 1 aliphatic rings. The third-order valence-corrected chi connectivity index (χ3v) is 7.75. The van der Waals surface area contributed by atoms with Crippen LogP contribution in [0.1, 0.15) is 54.2 Å². The molecule has 3 heterocycles. The summed E-state index contributed by atoms with van der Waals surface area (Å²) in [6, 6.07) is 9.08. The third-order valence-electron chi connectivity index (χ3n) is 6.60. The summed E-state index contributed by atoms with van der Waals surface area (Å²) in [5, 5.41) is 0. The number of aromatic nitrogens is 3. The first-order chi connectivity index (χ1) is 19.5. The Labute approximate surface area is 239 Å². The molecule has 41 heavy (non-hydrogen) atoms. The number of esters is 1. The van der Waals surface area contributed by atoms with Gasteiger partial charge in [0.25, 0.3) is 0 Å². The van der Waals surface area contributed by atoms with Crippen molar-refractivity contribution in [2.45, 2.75) is 51.1 Å². The number of hydrogen-bond acceptors (Lipinski definition) is 9. The standard InChI is InChI=1S/C29H33FN4O6S/c1-18(2)26-24(27(19-8-10-21(30)11-9-19)33-29(32-26)34(3)41(5,36)37)13-12-22-15-23(16-25(38-4)39-22)40-28(35)20-7-6-14-31-17-20/h6-14,17-18,22-23,25H,15-16H2,1-5H3/b13-12+/t22-,23-,25?/m0/s1. The van der Waals surface area contributed by atoms with Crippen molar-refractivity contribution in [3.63, 3.8) is 0 Å². The molecule has 0 saturated carbocycles. The minimum atomic E-state index is -3.64. The highest BCUT2D eigenvalue weighted by atomic mass is 32.2. The second-order valence-corrected chi connectivity index (χ2v) is 12.0. The van der Waals surface area contributed by atoms with Gasteiger partial charge >= 0.3 is 5.97 Å². The molecule has 0 radical (unpaired) electrons. The highest BCUT2D eigenvalue weighted by molar-refractivity contribution is 7.92. The number of nitrogens with zero attached hydrogens (tertiary/aromatic N) is 4. The lowest BCUT2D eigenvalue weighted by atomic mass is 9.96. The van der Waals surface area contributed by atoms with Crippen LogP contribution in [-0.2, 0) is 24.2 Å². The molecule has 1 aliphatic heterocycles. The lowest BCUT2D eigenvalue weighted by molar-refractivity contribution is -0.191. The number of benzene rings is 1. The van der Waals surface area contributed by atoms with Gasteiger partial charge in [0.15, 0.2) is 6.29 Å². The number of carbonyl (C=O) groups is 1. The van der Waals surface area contributed by atoms with Gasteiger partial charge in [0.1, 0.15) is 11.9 Å². The summed E-state index contributed by atoms with van der Waals surface area (Å²) in [4.78, 5) is 25.8. The molecule has 0 spiro atoms. The molecule has 1 unspecified atom stereocenters. The normalized spacial score (nSPS) is 19.4. The third kappa shape index (κ3) is 7.51. The number of carbonyl (C=O) groups excluding carboxylic acids is 1. The van der Waals surface area contributed by atoms with Crippen LogP contribution in [0, 0.1) is 5.82 Å². The van der Waals surface area contributed by atoms with E-state index in [2.05, 4.69) is 15.0 Å². The van der Waals surface area contributed by atoms with Gasteiger partial charge in [-0.15, -0.1) is 0 Å². The fourth-order valence-electron chi connectivity index (χ4n) is 4.35. The van der Waals surface area contributed by atoms with Crippen molar-refractivity contribution < 1.29 is 31.8 Å². The van der Waals surface area contributed by atoms with E-state index in [1.165, 1.54) is 32.5 Å². The van der Waals surface area contributed by atoms with Crippen LogP contribution in [0.25, 0.3) is 17.3 Å². The van der Waals surface area contributed by atoms with E-state index in [0.29, 0.717) is 40.9 Å². The molecular weight excluding hydrogens is 551 g/mol. The van der Waals surface area contributed by atoms with E-state index in [-0.39, 0.29) is 11.9 Å². The Balaban J connectivity index is 1.71. The molecule has 1 saturated heterocycles. The minimum Gasteiger partial charge on any atom is -0.458 e. The highest BCUT2D eigenvalue weighted by Gasteiger charge is 2.31. The molecule has 10 nitrogen and oxygen atoms in total. The van der Waals surface area contributed by atoms with Gasteiger partial charge in [-0.3, -0.25) is 4.98 Å². The second-order valence-electron chi connectivity index (χ2n) is 10.0. The summed E-state index contributed by atoms with van der Waals surface area (Å²) in [7, 11) is -0.740. The average Bonchev–Trinajstić information content (AvgIpc) is 2.95. The molecule has 0 N–H and O–H groups in total. The van der Waals surface area contributed by atoms with Gasteiger partial charge in [-0.25, -0.2) is 31.9 Å². The Bertz CT molecular complexity index is 1500.